The second kappa shape index (κ2) is 7.97. The zero-order chi connectivity index (χ0) is 16.8. The van der Waals surface area contributed by atoms with E-state index in [1.165, 1.54) is 5.69 Å². The molecule has 1 saturated heterocycles. The highest BCUT2D eigenvalue weighted by Crippen LogP contribution is 2.24. The average molecular weight is 325 g/mol. The van der Waals surface area contributed by atoms with Crippen molar-refractivity contribution >= 4 is 11.5 Å². The maximum atomic E-state index is 11.7. The van der Waals surface area contributed by atoms with Crippen LogP contribution in [-0.4, -0.2) is 38.7 Å². The predicted molar refractivity (Wildman–Crippen MR) is 95.1 cm³/mol. The Kier molecular flexibility index (Phi) is 5.49. The van der Waals surface area contributed by atoms with E-state index in [0.29, 0.717) is 6.61 Å². The smallest absolute Gasteiger partial charge is 0.159 e. The summed E-state index contributed by atoms with van der Waals surface area (Å²) in [5.74, 6) is 0.960. The Morgan fingerprint density at radius 2 is 1.88 bits per heavy atom. The van der Waals surface area contributed by atoms with Crippen molar-refractivity contribution in [2.45, 2.75) is 13.3 Å². The topological polar surface area (TPSA) is 38.8 Å². The zero-order valence-corrected chi connectivity index (χ0v) is 14.0. The van der Waals surface area contributed by atoms with Gasteiger partial charge in [0.2, 0.25) is 0 Å². The van der Waals surface area contributed by atoms with Gasteiger partial charge in [0.1, 0.15) is 5.75 Å². The molecule has 4 heteroatoms. The lowest BCUT2D eigenvalue weighted by Gasteiger charge is -2.31. The number of para-hydroxylation sites is 1. The van der Waals surface area contributed by atoms with Crippen molar-refractivity contribution in [3.05, 3.63) is 59.7 Å². The van der Waals surface area contributed by atoms with Gasteiger partial charge in [-0.25, -0.2) is 0 Å². The van der Waals surface area contributed by atoms with Crippen molar-refractivity contribution in [3.63, 3.8) is 0 Å². The molecule has 126 valence electrons. The monoisotopic (exact) mass is 325 g/mol. The van der Waals surface area contributed by atoms with Crippen molar-refractivity contribution in [2.75, 3.05) is 37.8 Å². The SMILES string of the molecule is CC(=O)c1ccc(N2CCOCC2)c(CCOc2ccccc2)c1. The van der Waals surface area contributed by atoms with E-state index in [4.69, 9.17) is 9.47 Å². The van der Waals surface area contributed by atoms with Crippen LogP contribution in [0.5, 0.6) is 5.75 Å². The summed E-state index contributed by atoms with van der Waals surface area (Å²) in [6, 6.07) is 15.8. The number of carbonyl (C=O) groups is 1. The number of hydrogen-bond acceptors (Lipinski definition) is 4. The molecule has 0 aliphatic carbocycles. The molecular weight excluding hydrogens is 302 g/mol. The third-order valence-corrected chi connectivity index (χ3v) is 4.22. The molecule has 1 heterocycles. The molecule has 1 aliphatic rings. The second-order valence-electron chi connectivity index (χ2n) is 5.91. The third-order valence-electron chi connectivity index (χ3n) is 4.22. The molecule has 1 aliphatic heterocycles. The minimum absolute atomic E-state index is 0.0914. The van der Waals surface area contributed by atoms with Crippen LogP contribution >= 0.6 is 0 Å². The molecule has 0 unspecified atom stereocenters. The Bertz CT molecular complexity index is 679. The fraction of sp³-hybridized carbons (Fsp3) is 0.350. The molecule has 3 rings (SSSR count). The summed E-state index contributed by atoms with van der Waals surface area (Å²) in [4.78, 5) is 14.0. The molecule has 0 spiro atoms. The van der Waals surface area contributed by atoms with E-state index in [1.807, 2.05) is 42.5 Å². The number of benzene rings is 2. The van der Waals surface area contributed by atoms with Crippen molar-refractivity contribution in [1.29, 1.82) is 0 Å². The van der Waals surface area contributed by atoms with Gasteiger partial charge < -0.3 is 14.4 Å². The first-order valence-corrected chi connectivity index (χ1v) is 8.38. The molecule has 0 aromatic heterocycles. The summed E-state index contributed by atoms with van der Waals surface area (Å²) in [5.41, 5.74) is 3.09. The van der Waals surface area contributed by atoms with E-state index < -0.39 is 0 Å². The van der Waals surface area contributed by atoms with Gasteiger partial charge in [0.05, 0.1) is 19.8 Å². The van der Waals surface area contributed by atoms with Crippen molar-refractivity contribution in [3.8, 4) is 5.75 Å². The predicted octanol–water partition coefficient (Wildman–Crippen LogP) is 3.35. The number of anilines is 1. The number of ether oxygens (including phenoxy) is 2. The highest BCUT2D eigenvalue weighted by atomic mass is 16.5. The van der Waals surface area contributed by atoms with Crippen LogP contribution in [0, 0.1) is 0 Å². The normalized spacial score (nSPS) is 14.5. The fourth-order valence-electron chi connectivity index (χ4n) is 2.91. The number of nitrogens with zero attached hydrogens (tertiary/aromatic N) is 1. The molecule has 0 atom stereocenters. The van der Waals surface area contributed by atoms with Gasteiger partial charge in [-0.15, -0.1) is 0 Å². The van der Waals surface area contributed by atoms with Gasteiger partial charge in [-0.1, -0.05) is 18.2 Å². The van der Waals surface area contributed by atoms with Crippen molar-refractivity contribution < 1.29 is 14.3 Å². The van der Waals surface area contributed by atoms with Crippen LogP contribution in [0.3, 0.4) is 0 Å². The van der Waals surface area contributed by atoms with Crippen LogP contribution in [0.4, 0.5) is 5.69 Å². The maximum absolute atomic E-state index is 11.7. The maximum Gasteiger partial charge on any atom is 0.159 e. The standard InChI is InChI=1S/C20H23NO3/c1-16(22)17-7-8-20(21-10-13-23-14-11-21)18(15-17)9-12-24-19-5-3-2-4-6-19/h2-8,15H,9-14H2,1H3. The van der Waals surface area contributed by atoms with E-state index in [2.05, 4.69) is 11.0 Å². The number of carbonyl (C=O) groups excluding carboxylic acids is 1. The van der Waals surface area contributed by atoms with Gasteiger partial charge in [-0.3, -0.25) is 4.79 Å². The Morgan fingerprint density at radius 3 is 2.58 bits per heavy atom. The summed E-state index contributed by atoms with van der Waals surface area (Å²) < 4.78 is 11.3. The van der Waals surface area contributed by atoms with Gasteiger partial charge >= 0.3 is 0 Å². The zero-order valence-electron chi connectivity index (χ0n) is 14.0. The highest BCUT2D eigenvalue weighted by Gasteiger charge is 2.16. The summed E-state index contributed by atoms with van der Waals surface area (Å²) >= 11 is 0. The van der Waals surface area contributed by atoms with Crippen LogP contribution in [-0.2, 0) is 11.2 Å². The van der Waals surface area contributed by atoms with Crippen LogP contribution in [0.25, 0.3) is 0 Å². The van der Waals surface area contributed by atoms with Gasteiger partial charge in [0.25, 0.3) is 0 Å². The molecule has 2 aromatic carbocycles. The largest absolute Gasteiger partial charge is 0.493 e. The minimum atomic E-state index is 0.0914. The Balaban J connectivity index is 1.74. The highest BCUT2D eigenvalue weighted by molar-refractivity contribution is 5.94. The van der Waals surface area contributed by atoms with Crippen LogP contribution in [0.15, 0.2) is 48.5 Å². The number of Topliss-reactive ketones (excluding diaryl/α,β-unsaturated/α-hetero) is 1. The number of ketones is 1. The van der Waals surface area contributed by atoms with E-state index in [1.54, 1.807) is 6.92 Å². The molecule has 4 nitrogen and oxygen atoms in total. The van der Waals surface area contributed by atoms with Gasteiger partial charge in [0.15, 0.2) is 5.78 Å². The lowest BCUT2D eigenvalue weighted by molar-refractivity contribution is 0.101. The molecule has 0 N–H and O–H groups in total. The lowest BCUT2D eigenvalue weighted by atomic mass is 10.0. The lowest BCUT2D eigenvalue weighted by Crippen LogP contribution is -2.36. The first kappa shape index (κ1) is 16.5. The van der Waals surface area contributed by atoms with Crippen molar-refractivity contribution in [1.82, 2.24) is 0 Å². The summed E-state index contributed by atoms with van der Waals surface area (Å²) in [7, 11) is 0. The van der Waals surface area contributed by atoms with Crippen LogP contribution < -0.4 is 9.64 Å². The van der Waals surface area contributed by atoms with E-state index >= 15 is 0 Å². The Morgan fingerprint density at radius 1 is 1.12 bits per heavy atom. The molecule has 24 heavy (non-hydrogen) atoms. The molecule has 2 aromatic rings. The first-order chi connectivity index (χ1) is 11.7. The van der Waals surface area contributed by atoms with Gasteiger partial charge in [-0.05, 0) is 42.8 Å². The molecule has 0 bridgehead atoms. The van der Waals surface area contributed by atoms with Crippen LogP contribution in [0.2, 0.25) is 0 Å². The molecule has 0 saturated carbocycles. The molecule has 0 radical (unpaired) electrons. The van der Waals surface area contributed by atoms with Crippen molar-refractivity contribution in [2.24, 2.45) is 0 Å². The van der Waals surface area contributed by atoms with Gasteiger partial charge in [0, 0.05) is 30.8 Å². The van der Waals surface area contributed by atoms with E-state index in [-0.39, 0.29) is 5.78 Å². The Labute approximate surface area is 143 Å². The number of hydrogen-bond donors (Lipinski definition) is 0. The first-order valence-electron chi connectivity index (χ1n) is 8.38. The number of morpholine rings is 1. The average Bonchev–Trinajstić information content (AvgIpc) is 2.63. The van der Waals surface area contributed by atoms with Gasteiger partial charge in [-0.2, -0.15) is 0 Å². The molecule has 0 amide bonds. The Hall–Kier alpha value is -2.33. The number of rotatable bonds is 6. The second-order valence-corrected chi connectivity index (χ2v) is 5.91. The minimum Gasteiger partial charge on any atom is -0.493 e. The van der Waals surface area contributed by atoms with Crippen LogP contribution in [0.1, 0.15) is 22.8 Å². The fourth-order valence-corrected chi connectivity index (χ4v) is 2.91. The summed E-state index contributed by atoms with van der Waals surface area (Å²) in [6.07, 6.45) is 0.767. The van der Waals surface area contributed by atoms with E-state index in [0.717, 1.165) is 49.6 Å². The summed E-state index contributed by atoms with van der Waals surface area (Å²) in [6.45, 7) is 5.44. The third kappa shape index (κ3) is 4.15. The molecule has 1 fully saturated rings. The quantitative estimate of drug-likeness (QED) is 0.764. The van der Waals surface area contributed by atoms with E-state index in [9.17, 15) is 4.79 Å². The summed E-state index contributed by atoms with van der Waals surface area (Å²) in [5, 5.41) is 0. The molecular formula is C20H23NO3.